The predicted octanol–water partition coefficient (Wildman–Crippen LogP) is 3.91. The Hall–Kier alpha value is -2.64. The molecule has 1 aliphatic rings. The summed E-state index contributed by atoms with van der Waals surface area (Å²) in [4.78, 5) is 25.1. The number of ketones is 1. The first kappa shape index (κ1) is 20.1. The van der Waals surface area contributed by atoms with Crippen LogP contribution in [0, 0.1) is 19.8 Å². The summed E-state index contributed by atoms with van der Waals surface area (Å²) in [5.74, 6) is -3.09. The number of alkyl halides is 3. The van der Waals surface area contributed by atoms with Crippen LogP contribution in [-0.2, 0) is 4.79 Å². The number of halogens is 3. The molecule has 1 fully saturated rings. The molecular weight excluding hydrogens is 371 g/mol. The van der Waals surface area contributed by atoms with Crippen molar-refractivity contribution in [2.45, 2.75) is 51.7 Å². The van der Waals surface area contributed by atoms with E-state index < -0.39 is 29.8 Å². The first-order chi connectivity index (χ1) is 13.2. The maximum atomic E-state index is 13.0. The Kier molecular flexibility index (Phi) is 5.58. The number of rotatable bonds is 4. The smallest absolute Gasteiger partial charge is 0.346 e. The van der Waals surface area contributed by atoms with Crippen molar-refractivity contribution in [3.63, 3.8) is 0 Å². The van der Waals surface area contributed by atoms with Crippen LogP contribution in [0.3, 0.4) is 0 Å². The lowest BCUT2D eigenvalue weighted by Crippen LogP contribution is -2.44. The second-order valence-corrected chi connectivity index (χ2v) is 7.20. The third-order valence-electron chi connectivity index (χ3n) is 5.20. The first-order valence-corrected chi connectivity index (χ1v) is 9.22. The van der Waals surface area contributed by atoms with Crippen LogP contribution in [0.1, 0.15) is 47.4 Å². The van der Waals surface area contributed by atoms with E-state index >= 15 is 0 Å². The highest BCUT2D eigenvalue weighted by atomic mass is 19.4. The van der Waals surface area contributed by atoms with Gasteiger partial charge in [-0.25, -0.2) is 4.68 Å². The fraction of sp³-hybridized carbons (Fsp3) is 0.450. The van der Waals surface area contributed by atoms with E-state index in [0.717, 1.165) is 5.69 Å². The Balaban J connectivity index is 1.75. The number of aromatic nitrogens is 2. The van der Waals surface area contributed by atoms with Gasteiger partial charge in [0.25, 0.3) is 11.7 Å². The number of carbonyl (C=O) groups excluding carboxylic acids is 2. The average Bonchev–Trinajstić information content (AvgIpc) is 2.95. The van der Waals surface area contributed by atoms with Crippen LogP contribution in [-0.4, -0.2) is 33.7 Å². The lowest BCUT2D eigenvalue weighted by Gasteiger charge is -2.30. The van der Waals surface area contributed by atoms with E-state index in [4.69, 9.17) is 0 Å². The topological polar surface area (TPSA) is 64.0 Å². The SMILES string of the molecule is Cc1nn(-c2ccccc2)c(C)c1C(=O)C(=O)N[C@@H]1CCC[C@H](C(F)(F)F)C1. The van der Waals surface area contributed by atoms with Crippen molar-refractivity contribution in [2.75, 3.05) is 0 Å². The molecule has 0 bridgehead atoms. The zero-order chi connectivity index (χ0) is 20.5. The summed E-state index contributed by atoms with van der Waals surface area (Å²) in [6.45, 7) is 3.32. The number of aryl methyl sites for hydroxylation is 1. The minimum atomic E-state index is -4.28. The zero-order valence-electron chi connectivity index (χ0n) is 15.7. The van der Waals surface area contributed by atoms with Crippen LogP contribution >= 0.6 is 0 Å². The maximum absolute atomic E-state index is 13.0. The first-order valence-electron chi connectivity index (χ1n) is 9.22. The Labute approximate surface area is 160 Å². The van der Waals surface area contributed by atoms with Gasteiger partial charge in [0.05, 0.1) is 28.6 Å². The molecule has 3 rings (SSSR count). The van der Waals surface area contributed by atoms with Crippen molar-refractivity contribution < 1.29 is 22.8 Å². The summed E-state index contributed by atoms with van der Waals surface area (Å²) < 4.78 is 40.4. The number of para-hydroxylation sites is 1. The Morgan fingerprint density at radius 3 is 2.46 bits per heavy atom. The molecule has 1 amide bonds. The Morgan fingerprint density at radius 2 is 1.82 bits per heavy atom. The lowest BCUT2D eigenvalue weighted by atomic mass is 9.85. The zero-order valence-corrected chi connectivity index (χ0v) is 15.7. The van der Waals surface area contributed by atoms with Crippen LogP contribution in [0.25, 0.3) is 5.69 Å². The summed E-state index contributed by atoms with van der Waals surface area (Å²) in [5.41, 5.74) is 1.85. The van der Waals surface area contributed by atoms with Crippen LogP contribution in [0.15, 0.2) is 30.3 Å². The van der Waals surface area contributed by atoms with Crippen LogP contribution < -0.4 is 5.32 Å². The molecule has 150 valence electrons. The van der Waals surface area contributed by atoms with Crippen molar-refractivity contribution in [3.05, 3.63) is 47.3 Å². The monoisotopic (exact) mass is 393 g/mol. The van der Waals surface area contributed by atoms with Gasteiger partial charge in [0, 0.05) is 6.04 Å². The second kappa shape index (κ2) is 7.77. The van der Waals surface area contributed by atoms with Gasteiger partial charge in [-0.1, -0.05) is 24.6 Å². The van der Waals surface area contributed by atoms with Gasteiger partial charge in [-0.2, -0.15) is 18.3 Å². The molecule has 1 aromatic heterocycles. The van der Waals surface area contributed by atoms with Crippen molar-refractivity contribution in [1.29, 1.82) is 0 Å². The molecule has 1 aromatic carbocycles. The lowest BCUT2D eigenvalue weighted by molar-refractivity contribution is -0.183. The van der Waals surface area contributed by atoms with Gasteiger partial charge in [-0.3, -0.25) is 9.59 Å². The van der Waals surface area contributed by atoms with Gasteiger partial charge in [0.2, 0.25) is 0 Å². The normalized spacial score (nSPS) is 20.0. The summed E-state index contributed by atoms with van der Waals surface area (Å²) >= 11 is 0. The molecule has 1 N–H and O–H groups in total. The molecule has 8 heteroatoms. The van der Waals surface area contributed by atoms with E-state index in [1.165, 1.54) is 0 Å². The van der Waals surface area contributed by atoms with Gasteiger partial charge >= 0.3 is 6.18 Å². The number of Topliss-reactive ketones (excluding diaryl/α,β-unsaturated/α-hetero) is 1. The molecule has 2 atom stereocenters. The second-order valence-electron chi connectivity index (χ2n) is 7.20. The molecule has 28 heavy (non-hydrogen) atoms. The minimum Gasteiger partial charge on any atom is -0.346 e. The molecule has 0 unspecified atom stereocenters. The molecule has 0 radical (unpaired) electrons. The maximum Gasteiger partial charge on any atom is 0.391 e. The molecule has 1 aliphatic carbocycles. The Morgan fingerprint density at radius 1 is 1.14 bits per heavy atom. The van der Waals surface area contributed by atoms with Crippen molar-refractivity contribution in [2.24, 2.45) is 5.92 Å². The van der Waals surface area contributed by atoms with Gasteiger partial charge in [0.1, 0.15) is 0 Å². The van der Waals surface area contributed by atoms with Gasteiger partial charge in [-0.15, -0.1) is 0 Å². The van der Waals surface area contributed by atoms with E-state index in [1.54, 1.807) is 18.5 Å². The van der Waals surface area contributed by atoms with Crippen molar-refractivity contribution in [3.8, 4) is 5.69 Å². The van der Waals surface area contributed by atoms with Crippen LogP contribution in [0.4, 0.5) is 13.2 Å². The highest BCUT2D eigenvalue weighted by Gasteiger charge is 2.42. The summed E-state index contributed by atoms with van der Waals surface area (Å²) in [6, 6.07) is 8.52. The number of benzene rings is 1. The van der Waals surface area contributed by atoms with Gasteiger partial charge in [0.15, 0.2) is 0 Å². The molecule has 2 aromatic rings. The number of nitrogens with zero attached hydrogens (tertiary/aromatic N) is 2. The molecule has 1 heterocycles. The third kappa shape index (κ3) is 4.10. The number of amides is 1. The molecule has 5 nitrogen and oxygen atoms in total. The van der Waals surface area contributed by atoms with E-state index in [9.17, 15) is 22.8 Å². The standard InChI is InChI=1S/C20H22F3N3O2/c1-12-17(13(2)26(25-12)16-9-4-3-5-10-16)18(27)19(28)24-15-8-6-7-14(11-15)20(21,22)23/h3-5,9-10,14-15H,6-8,11H2,1-2H3,(H,24,28)/t14-,15+/m0/s1. The van der Waals surface area contributed by atoms with E-state index in [-0.39, 0.29) is 18.4 Å². The third-order valence-corrected chi connectivity index (χ3v) is 5.20. The largest absolute Gasteiger partial charge is 0.391 e. The highest BCUT2D eigenvalue weighted by molar-refractivity contribution is 6.43. The number of carbonyl (C=O) groups is 2. The molecular formula is C20H22F3N3O2. The highest BCUT2D eigenvalue weighted by Crippen LogP contribution is 2.37. The fourth-order valence-electron chi connectivity index (χ4n) is 3.77. The quantitative estimate of drug-likeness (QED) is 0.633. The fourth-order valence-corrected chi connectivity index (χ4v) is 3.77. The summed E-state index contributed by atoms with van der Waals surface area (Å²) in [5, 5.41) is 6.84. The average molecular weight is 393 g/mol. The molecule has 0 spiro atoms. The van der Waals surface area contributed by atoms with E-state index in [2.05, 4.69) is 10.4 Å². The number of nitrogens with one attached hydrogen (secondary N) is 1. The molecule has 0 saturated heterocycles. The minimum absolute atomic E-state index is 0.0614. The number of hydrogen-bond donors (Lipinski definition) is 1. The van der Waals surface area contributed by atoms with Gasteiger partial charge < -0.3 is 5.32 Å². The van der Waals surface area contributed by atoms with Crippen molar-refractivity contribution >= 4 is 11.7 Å². The Bertz CT molecular complexity index is 875. The summed E-state index contributed by atoms with van der Waals surface area (Å²) in [6.07, 6.45) is -3.60. The van der Waals surface area contributed by atoms with E-state index in [1.807, 2.05) is 30.3 Å². The van der Waals surface area contributed by atoms with Crippen LogP contribution in [0.5, 0.6) is 0 Å². The summed E-state index contributed by atoms with van der Waals surface area (Å²) in [7, 11) is 0. The molecule has 1 saturated carbocycles. The van der Waals surface area contributed by atoms with Crippen molar-refractivity contribution in [1.82, 2.24) is 15.1 Å². The van der Waals surface area contributed by atoms with E-state index in [0.29, 0.717) is 24.2 Å². The molecule has 0 aliphatic heterocycles. The predicted molar refractivity (Wildman–Crippen MR) is 97.3 cm³/mol. The van der Waals surface area contributed by atoms with Crippen LogP contribution in [0.2, 0.25) is 0 Å². The van der Waals surface area contributed by atoms with Gasteiger partial charge in [-0.05, 0) is 45.2 Å². The number of hydrogen-bond acceptors (Lipinski definition) is 3.